The second-order valence-corrected chi connectivity index (χ2v) is 8.61. The monoisotopic (exact) mass is 405 g/mol. The van der Waals surface area contributed by atoms with E-state index in [4.69, 9.17) is 0 Å². The SMILES string of the molecule is C=C(c1ccc(-c2ccc(-n3ccnc3)cc2O)nn1)[C@H]1C[C@]2(C)CC[C@@H](N2)C1F. The topological polar surface area (TPSA) is 75.9 Å². The Bertz CT molecular complexity index is 1080. The Morgan fingerprint density at radius 2 is 2.17 bits per heavy atom. The number of alkyl halides is 1. The molecule has 2 aromatic heterocycles. The average Bonchev–Trinajstić information content (AvgIpc) is 3.39. The van der Waals surface area contributed by atoms with Crippen molar-refractivity contribution in [3.05, 3.63) is 61.3 Å². The molecule has 7 heteroatoms. The van der Waals surface area contributed by atoms with Crippen LogP contribution in [0.4, 0.5) is 4.39 Å². The number of halogens is 1. The predicted octanol–water partition coefficient (Wildman–Crippen LogP) is 3.92. The lowest BCUT2D eigenvalue weighted by Crippen LogP contribution is -2.53. The van der Waals surface area contributed by atoms with Crippen molar-refractivity contribution >= 4 is 5.57 Å². The van der Waals surface area contributed by atoms with E-state index in [1.807, 2.05) is 16.7 Å². The number of phenols is 1. The van der Waals surface area contributed by atoms with E-state index in [-0.39, 0.29) is 23.2 Å². The number of nitrogens with zero attached hydrogens (tertiary/aromatic N) is 4. The fourth-order valence-electron chi connectivity index (χ4n) is 4.81. The van der Waals surface area contributed by atoms with Gasteiger partial charge >= 0.3 is 0 Å². The Balaban J connectivity index is 1.38. The van der Waals surface area contributed by atoms with Gasteiger partial charge in [0.15, 0.2) is 0 Å². The van der Waals surface area contributed by atoms with Gasteiger partial charge in [0.1, 0.15) is 11.9 Å². The van der Waals surface area contributed by atoms with Gasteiger partial charge in [0.2, 0.25) is 0 Å². The van der Waals surface area contributed by atoms with E-state index in [9.17, 15) is 9.50 Å². The maximum absolute atomic E-state index is 15.0. The van der Waals surface area contributed by atoms with Crippen LogP contribution in [0, 0.1) is 5.92 Å². The standard InChI is InChI=1S/C23H24FN5O/c1-14(17-12-23(2)8-7-20(26-23)22(17)24)18-5-6-19(28-27-18)16-4-3-15(11-21(16)30)29-10-9-25-13-29/h3-6,9-11,13,17,20,22,26,30H,1,7-8,12H2,2H3/t17-,20-,22?,23+/m1/s1. The summed E-state index contributed by atoms with van der Waals surface area (Å²) in [5.74, 6) is -0.152. The molecule has 1 unspecified atom stereocenters. The van der Waals surface area contributed by atoms with Gasteiger partial charge in [-0.25, -0.2) is 9.37 Å². The van der Waals surface area contributed by atoms with Crippen LogP contribution in [-0.2, 0) is 0 Å². The van der Waals surface area contributed by atoms with E-state index in [2.05, 4.69) is 34.0 Å². The molecule has 30 heavy (non-hydrogen) atoms. The molecule has 3 aromatic rings. The predicted molar refractivity (Wildman–Crippen MR) is 113 cm³/mol. The Morgan fingerprint density at radius 1 is 1.30 bits per heavy atom. The third-order valence-corrected chi connectivity index (χ3v) is 6.48. The third kappa shape index (κ3) is 3.19. The van der Waals surface area contributed by atoms with Crippen molar-refractivity contribution in [1.82, 2.24) is 25.1 Å². The highest BCUT2D eigenvalue weighted by Crippen LogP contribution is 2.44. The molecule has 4 heterocycles. The van der Waals surface area contributed by atoms with E-state index in [0.717, 1.165) is 18.5 Å². The zero-order valence-corrected chi connectivity index (χ0v) is 16.8. The van der Waals surface area contributed by atoms with Gasteiger partial charge < -0.3 is 15.0 Å². The van der Waals surface area contributed by atoms with Gasteiger partial charge in [-0.3, -0.25) is 0 Å². The van der Waals surface area contributed by atoms with Crippen molar-refractivity contribution in [2.75, 3.05) is 0 Å². The molecule has 2 fully saturated rings. The van der Waals surface area contributed by atoms with Gasteiger partial charge in [-0.2, -0.15) is 5.10 Å². The molecule has 154 valence electrons. The number of piperidine rings is 1. The lowest BCUT2D eigenvalue weighted by atomic mass is 9.78. The first kappa shape index (κ1) is 18.9. The van der Waals surface area contributed by atoms with Crippen molar-refractivity contribution in [3.8, 4) is 22.7 Å². The number of rotatable bonds is 4. The van der Waals surface area contributed by atoms with Crippen molar-refractivity contribution in [2.45, 2.75) is 43.9 Å². The molecular weight excluding hydrogens is 381 g/mol. The Morgan fingerprint density at radius 3 is 2.87 bits per heavy atom. The maximum atomic E-state index is 15.0. The molecule has 4 atom stereocenters. The number of hydrogen-bond acceptors (Lipinski definition) is 5. The van der Waals surface area contributed by atoms with E-state index < -0.39 is 6.17 Å². The molecule has 0 spiro atoms. The minimum absolute atomic E-state index is 0.0307. The summed E-state index contributed by atoms with van der Waals surface area (Å²) in [6, 6.07) is 8.84. The van der Waals surface area contributed by atoms with Crippen LogP contribution in [0.15, 0.2) is 55.6 Å². The average molecular weight is 405 g/mol. The summed E-state index contributed by atoms with van der Waals surface area (Å²) >= 11 is 0. The van der Waals surface area contributed by atoms with Gasteiger partial charge in [-0.05, 0) is 56.0 Å². The molecule has 2 bridgehead atoms. The fourth-order valence-corrected chi connectivity index (χ4v) is 4.81. The van der Waals surface area contributed by atoms with Gasteiger partial charge in [-0.15, -0.1) is 5.10 Å². The number of benzene rings is 1. The molecule has 2 aliphatic rings. The van der Waals surface area contributed by atoms with E-state index in [1.165, 1.54) is 0 Å². The molecule has 0 amide bonds. The normalized spacial score (nSPS) is 27.9. The Hall–Kier alpha value is -3.06. The zero-order valence-electron chi connectivity index (χ0n) is 16.8. The molecule has 2 saturated heterocycles. The maximum Gasteiger partial charge on any atom is 0.127 e. The van der Waals surface area contributed by atoms with Crippen molar-refractivity contribution in [2.24, 2.45) is 5.92 Å². The minimum atomic E-state index is -0.964. The van der Waals surface area contributed by atoms with E-state index >= 15 is 0 Å². The van der Waals surface area contributed by atoms with Gasteiger partial charge in [0.25, 0.3) is 0 Å². The number of imidazole rings is 1. The van der Waals surface area contributed by atoms with Crippen LogP contribution in [0.3, 0.4) is 0 Å². The Kier molecular flexibility index (Phi) is 4.43. The molecule has 2 N–H and O–H groups in total. The summed E-state index contributed by atoms with van der Waals surface area (Å²) in [6.07, 6.45) is 6.75. The first-order chi connectivity index (χ1) is 14.4. The lowest BCUT2D eigenvalue weighted by Gasteiger charge is -2.39. The van der Waals surface area contributed by atoms with Gasteiger partial charge in [0, 0.05) is 41.5 Å². The van der Waals surface area contributed by atoms with Crippen LogP contribution in [0.25, 0.3) is 22.5 Å². The second kappa shape index (κ2) is 7.02. The molecule has 0 radical (unpaired) electrons. The van der Waals surface area contributed by atoms with Gasteiger partial charge in [-0.1, -0.05) is 6.58 Å². The van der Waals surface area contributed by atoms with Crippen LogP contribution in [0.2, 0.25) is 0 Å². The molecule has 0 saturated carbocycles. The van der Waals surface area contributed by atoms with Gasteiger partial charge in [0.05, 0.1) is 23.4 Å². The van der Waals surface area contributed by atoms with Crippen molar-refractivity contribution in [3.63, 3.8) is 0 Å². The van der Waals surface area contributed by atoms with Crippen LogP contribution in [-0.4, -0.2) is 42.6 Å². The lowest BCUT2D eigenvalue weighted by molar-refractivity contribution is 0.135. The quantitative estimate of drug-likeness (QED) is 0.688. The highest BCUT2D eigenvalue weighted by Gasteiger charge is 2.49. The third-order valence-electron chi connectivity index (χ3n) is 6.48. The van der Waals surface area contributed by atoms with E-state index in [0.29, 0.717) is 28.9 Å². The number of nitrogens with one attached hydrogen (secondary N) is 1. The molecule has 5 rings (SSSR count). The van der Waals surface area contributed by atoms with Crippen LogP contribution in [0.1, 0.15) is 31.9 Å². The number of phenolic OH excluding ortho intramolecular Hbond substituents is 1. The zero-order chi connectivity index (χ0) is 20.9. The van der Waals surface area contributed by atoms with Crippen LogP contribution >= 0.6 is 0 Å². The summed E-state index contributed by atoms with van der Waals surface area (Å²) in [5, 5.41) is 22.5. The van der Waals surface area contributed by atoms with Crippen molar-refractivity contribution in [1.29, 1.82) is 0 Å². The van der Waals surface area contributed by atoms with Crippen molar-refractivity contribution < 1.29 is 9.50 Å². The fraction of sp³-hybridized carbons (Fsp3) is 0.348. The highest BCUT2D eigenvalue weighted by atomic mass is 19.1. The number of allylic oxidation sites excluding steroid dienone is 1. The van der Waals surface area contributed by atoms with Crippen LogP contribution in [0.5, 0.6) is 5.75 Å². The first-order valence-electron chi connectivity index (χ1n) is 10.2. The summed E-state index contributed by atoms with van der Waals surface area (Å²) in [6.45, 7) is 6.32. The molecule has 6 nitrogen and oxygen atoms in total. The van der Waals surface area contributed by atoms with Crippen LogP contribution < -0.4 is 5.32 Å². The first-order valence-corrected chi connectivity index (χ1v) is 10.2. The number of aromatic nitrogens is 4. The summed E-state index contributed by atoms with van der Waals surface area (Å²) in [5.41, 5.74) is 3.20. The van der Waals surface area contributed by atoms with E-state index in [1.54, 1.807) is 36.9 Å². The molecular formula is C23H24FN5O. The molecule has 2 aliphatic heterocycles. The number of hydrogen-bond donors (Lipinski definition) is 2. The smallest absolute Gasteiger partial charge is 0.127 e. The second-order valence-electron chi connectivity index (χ2n) is 8.61. The summed E-state index contributed by atoms with van der Waals surface area (Å²) in [7, 11) is 0. The molecule has 0 aliphatic carbocycles. The Labute approximate surface area is 174 Å². The minimum Gasteiger partial charge on any atom is -0.507 e. The molecule has 1 aromatic carbocycles. The number of fused-ring (bicyclic) bond motifs is 2. The largest absolute Gasteiger partial charge is 0.507 e. The number of aromatic hydroxyl groups is 1. The summed E-state index contributed by atoms with van der Waals surface area (Å²) in [4.78, 5) is 4.02. The highest BCUT2D eigenvalue weighted by molar-refractivity contribution is 5.70. The summed E-state index contributed by atoms with van der Waals surface area (Å²) < 4.78 is 16.8.